The van der Waals surface area contributed by atoms with Crippen molar-refractivity contribution in [3.63, 3.8) is 0 Å². The van der Waals surface area contributed by atoms with E-state index in [9.17, 15) is 4.79 Å². The molecule has 2 N–H and O–H groups in total. The number of likely N-dealkylation sites (tertiary alicyclic amines) is 1. The Hall–Kier alpha value is -0.770. The minimum atomic E-state index is -0.244. The van der Waals surface area contributed by atoms with E-state index in [1.54, 1.807) is 4.90 Å². The lowest BCUT2D eigenvalue weighted by molar-refractivity contribution is 0.113. The van der Waals surface area contributed by atoms with Crippen LogP contribution in [0.1, 0.15) is 26.2 Å². The van der Waals surface area contributed by atoms with Crippen LogP contribution in [-0.2, 0) is 4.74 Å². The molecule has 0 aromatic carbocycles. The number of carbonyl (C=O) groups excluding carboxylic acids is 1. The van der Waals surface area contributed by atoms with Crippen molar-refractivity contribution in [3.05, 3.63) is 0 Å². The van der Waals surface area contributed by atoms with Crippen LogP contribution in [0.5, 0.6) is 0 Å². The van der Waals surface area contributed by atoms with Gasteiger partial charge in [-0.1, -0.05) is 6.92 Å². The van der Waals surface area contributed by atoms with Crippen LogP contribution in [0.2, 0.25) is 0 Å². The predicted molar refractivity (Wildman–Crippen MR) is 50.4 cm³/mol. The molecule has 76 valence electrons. The molecule has 4 heteroatoms. The van der Waals surface area contributed by atoms with Crippen molar-refractivity contribution in [2.24, 2.45) is 5.73 Å². The van der Waals surface area contributed by atoms with Crippen molar-refractivity contribution in [3.8, 4) is 0 Å². The topological polar surface area (TPSA) is 55.6 Å². The molecule has 0 aromatic rings. The highest BCUT2D eigenvalue weighted by atomic mass is 16.5. The minimum absolute atomic E-state index is 0.0848. The maximum atomic E-state index is 11.3. The fraction of sp³-hybridized carbons (Fsp3) is 0.889. The third-order valence-electron chi connectivity index (χ3n) is 2.67. The average molecular weight is 186 g/mol. The molecule has 1 saturated heterocycles. The summed E-state index contributed by atoms with van der Waals surface area (Å²) in [6, 6.07) is 0.263. The molecule has 0 radical (unpaired) electrons. The molecule has 2 unspecified atom stereocenters. The van der Waals surface area contributed by atoms with Gasteiger partial charge in [0, 0.05) is 12.6 Å². The largest absolute Gasteiger partial charge is 0.453 e. The first-order valence-electron chi connectivity index (χ1n) is 4.80. The molecule has 13 heavy (non-hydrogen) atoms. The Balaban J connectivity index is 2.58. The molecule has 1 aliphatic heterocycles. The third kappa shape index (κ3) is 2.12. The molecule has 0 saturated carbocycles. The Bertz CT molecular complexity index is 184. The molecule has 1 aliphatic rings. The van der Waals surface area contributed by atoms with Crippen LogP contribution in [0.25, 0.3) is 0 Å². The van der Waals surface area contributed by atoms with Gasteiger partial charge in [-0.05, 0) is 19.3 Å². The molecule has 2 atom stereocenters. The number of methoxy groups -OCH3 is 1. The zero-order valence-corrected chi connectivity index (χ0v) is 8.32. The summed E-state index contributed by atoms with van der Waals surface area (Å²) >= 11 is 0. The molecular formula is C9H18N2O2. The van der Waals surface area contributed by atoms with Crippen LogP contribution in [0.3, 0.4) is 0 Å². The first-order chi connectivity index (χ1) is 6.20. The second kappa shape index (κ2) is 4.46. The van der Waals surface area contributed by atoms with Crippen LogP contribution in [-0.4, -0.2) is 36.7 Å². The maximum Gasteiger partial charge on any atom is 0.409 e. The van der Waals surface area contributed by atoms with Crippen molar-refractivity contribution in [1.82, 2.24) is 4.90 Å². The van der Waals surface area contributed by atoms with Crippen molar-refractivity contribution < 1.29 is 9.53 Å². The van der Waals surface area contributed by atoms with Gasteiger partial charge in [0.2, 0.25) is 0 Å². The van der Waals surface area contributed by atoms with E-state index in [0.717, 1.165) is 25.8 Å². The van der Waals surface area contributed by atoms with E-state index in [0.29, 0.717) is 0 Å². The van der Waals surface area contributed by atoms with Gasteiger partial charge in [-0.3, -0.25) is 0 Å². The third-order valence-corrected chi connectivity index (χ3v) is 2.67. The van der Waals surface area contributed by atoms with Gasteiger partial charge < -0.3 is 15.4 Å². The number of carbonyl (C=O) groups is 1. The standard InChI is InChI=1S/C9H18N2O2/c1-3-7(10)8-5-4-6-11(8)9(12)13-2/h7-8H,3-6,10H2,1-2H3. The van der Waals surface area contributed by atoms with Gasteiger partial charge in [0.25, 0.3) is 0 Å². The van der Waals surface area contributed by atoms with Crippen LogP contribution >= 0.6 is 0 Å². The Morgan fingerprint density at radius 3 is 3.00 bits per heavy atom. The van der Waals surface area contributed by atoms with Crippen molar-refractivity contribution in [1.29, 1.82) is 0 Å². The van der Waals surface area contributed by atoms with Crippen molar-refractivity contribution in [2.75, 3.05) is 13.7 Å². The van der Waals surface area contributed by atoms with Crippen LogP contribution < -0.4 is 5.73 Å². The number of nitrogens with two attached hydrogens (primary N) is 1. The number of amides is 1. The highest BCUT2D eigenvalue weighted by molar-refractivity contribution is 5.68. The molecule has 1 amide bonds. The summed E-state index contributed by atoms with van der Waals surface area (Å²) in [5, 5.41) is 0. The minimum Gasteiger partial charge on any atom is -0.453 e. The summed E-state index contributed by atoms with van der Waals surface area (Å²) < 4.78 is 4.69. The van der Waals surface area contributed by atoms with E-state index in [-0.39, 0.29) is 18.2 Å². The number of hydrogen-bond acceptors (Lipinski definition) is 3. The lowest BCUT2D eigenvalue weighted by atomic mass is 10.0. The van der Waals surface area contributed by atoms with E-state index >= 15 is 0 Å². The van der Waals surface area contributed by atoms with E-state index in [4.69, 9.17) is 10.5 Å². The highest BCUT2D eigenvalue weighted by Gasteiger charge is 2.32. The van der Waals surface area contributed by atoms with Gasteiger partial charge in [-0.2, -0.15) is 0 Å². The van der Waals surface area contributed by atoms with Gasteiger partial charge >= 0.3 is 6.09 Å². The van der Waals surface area contributed by atoms with E-state index < -0.39 is 0 Å². The zero-order valence-electron chi connectivity index (χ0n) is 8.32. The van der Waals surface area contributed by atoms with Crippen LogP contribution in [0.4, 0.5) is 4.79 Å². The predicted octanol–water partition coefficient (Wildman–Crippen LogP) is 0.955. The molecule has 1 heterocycles. The Morgan fingerprint density at radius 1 is 1.77 bits per heavy atom. The molecule has 1 fully saturated rings. The average Bonchev–Trinajstić information content (AvgIpc) is 2.63. The van der Waals surface area contributed by atoms with E-state index in [1.165, 1.54) is 7.11 Å². The molecule has 4 nitrogen and oxygen atoms in total. The maximum absolute atomic E-state index is 11.3. The normalized spacial score (nSPS) is 24.5. The lowest BCUT2D eigenvalue weighted by Gasteiger charge is -2.27. The first-order valence-corrected chi connectivity index (χ1v) is 4.80. The number of hydrogen-bond donors (Lipinski definition) is 1. The molecule has 0 aliphatic carbocycles. The second-order valence-electron chi connectivity index (χ2n) is 3.45. The quantitative estimate of drug-likeness (QED) is 0.698. The summed E-state index contributed by atoms with van der Waals surface area (Å²) in [6.07, 6.45) is 2.70. The second-order valence-corrected chi connectivity index (χ2v) is 3.45. The molecule has 1 rings (SSSR count). The van der Waals surface area contributed by atoms with Gasteiger partial charge in [0.1, 0.15) is 0 Å². The summed E-state index contributed by atoms with van der Waals surface area (Å²) in [6.45, 7) is 2.82. The van der Waals surface area contributed by atoms with E-state index in [1.807, 2.05) is 6.92 Å². The molecule has 0 aromatic heterocycles. The summed E-state index contributed by atoms with van der Waals surface area (Å²) in [4.78, 5) is 13.0. The Kier molecular flexibility index (Phi) is 3.54. The monoisotopic (exact) mass is 186 g/mol. The Morgan fingerprint density at radius 2 is 2.46 bits per heavy atom. The lowest BCUT2D eigenvalue weighted by Crippen LogP contribution is -2.46. The fourth-order valence-electron chi connectivity index (χ4n) is 1.85. The molecular weight excluding hydrogens is 168 g/mol. The SMILES string of the molecule is CCC(N)C1CCCN1C(=O)OC. The van der Waals surface area contributed by atoms with E-state index in [2.05, 4.69) is 0 Å². The number of rotatable bonds is 2. The number of nitrogens with zero attached hydrogens (tertiary/aromatic N) is 1. The smallest absolute Gasteiger partial charge is 0.409 e. The summed E-state index contributed by atoms with van der Waals surface area (Å²) in [5.74, 6) is 0. The highest BCUT2D eigenvalue weighted by Crippen LogP contribution is 2.21. The van der Waals surface area contributed by atoms with Crippen molar-refractivity contribution >= 4 is 6.09 Å². The van der Waals surface area contributed by atoms with Gasteiger partial charge in [0.15, 0.2) is 0 Å². The van der Waals surface area contributed by atoms with Gasteiger partial charge in [-0.15, -0.1) is 0 Å². The van der Waals surface area contributed by atoms with Gasteiger partial charge in [0.05, 0.1) is 13.2 Å². The fourth-order valence-corrected chi connectivity index (χ4v) is 1.85. The van der Waals surface area contributed by atoms with Crippen LogP contribution in [0.15, 0.2) is 0 Å². The van der Waals surface area contributed by atoms with Gasteiger partial charge in [-0.25, -0.2) is 4.79 Å². The zero-order chi connectivity index (χ0) is 9.84. The Labute approximate surface area is 79.0 Å². The van der Waals surface area contributed by atoms with Crippen LogP contribution in [0, 0.1) is 0 Å². The first kappa shape index (κ1) is 10.3. The van der Waals surface area contributed by atoms with Crippen molar-refractivity contribution in [2.45, 2.75) is 38.3 Å². The molecule has 0 bridgehead atoms. The number of ether oxygens (including phenoxy) is 1. The summed E-state index contributed by atoms with van der Waals surface area (Å²) in [5.41, 5.74) is 5.91. The molecule has 0 spiro atoms. The summed E-state index contributed by atoms with van der Waals surface area (Å²) in [7, 11) is 1.41.